The van der Waals surface area contributed by atoms with Gasteiger partial charge in [-0.25, -0.2) is 9.78 Å². The molecule has 1 aromatic heterocycles. The first-order chi connectivity index (χ1) is 13.3. The molecule has 0 amide bonds. The lowest BCUT2D eigenvalue weighted by Crippen LogP contribution is -2.07. The van der Waals surface area contributed by atoms with E-state index in [1.807, 2.05) is 91.0 Å². The minimum absolute atomic E-state index is 0.336. The molecule has 0 saturated carbocycles. The Labute approximate surface area is 165 Å². The van der Waals surface area contributed by atoms with Crippen molar-refractivity contribution in [1.82, 2.24) is 4.98 Å². The molecule has 0 aliphatic carbocycles. The average Bonchev–Trinajstić information content (AvgIpc) is 2.72. The fraction of sp³-hybridized carbons (Fsp3) is 0. The highest BCUT2D eigenvalue weighted by Gasteiger charge is 2.17. The molecule has 0 fully saturated rings. The first-order valence-electron chi connectivity index (χ1n) is 8.36. The normalized spacial score (nSPS) is 10.7. The van der Waals surface area contributed by atoms with Crippen molar-refractivity contribution in [1.29, 1.82) is 0 Å². The summed E-state index contributed by atoms with van der Waals surface area (Å²) in [6.45, 7) is 0. The van der Waals surface area contributed by atoms with Gasteiger partial charge in [0.2, 0.25) is 0 Å². The molecule has 0 radical (unpaired) electrons. The second kappa shape index (κ2) is 8.29. The Morgan fingerprint density at radius 1 is 0.667 bits per heavy atom. The Balaban J connectivity index is 1.79. The maximum Gasteiger partial charge on any atom is 0.354 e. The van der Waals surface area contributed by atoms with E-state index in [9.17, 15) is 4.79 Å². The van der Waals surface area contributed by atoms with Crippen molar-refractivity contribution in [2.75, 3.05) is 0 Å². The zero-order chi connectivity index (χ0) is 18.5. The van der Waals surface area contributed by atoms with Crippen molar-refractivity contribution in [3.63, 3.8) is 0 Å². The molecule has 5 heteroatoms. The summed E-state index contributed by atoms with van der Waals surface area (Å²) in [5, 5.41) is 0.336. The maximum absolute atomic E-state index is 12.8. The lowest BCUT2D eigenvalue weighted by Gasteiger charge is -2.09. The largest absolute Gasteiger partial charge is 0.397 e. The highest BCUT2D eigenvalue weighted by atomic mass is 32.2. The second-order valence-electron chi connectivity index (χ2n) is 5.64. The SMILES string of the molecule is O=c1oc(Sc2ccccc2)nc(-c2ccccc2)c1Sc1ccccc1. The van der Waals surface area contributed by atoms with Gasteiger partial charge in [-0.05, 0) is 36.0 Å². The third-order valence-electron chi connectivity index (χ3n) is 3.74. The van der Waals surface area contributed by atoms with Crippen molar-refractivity contribution in [3.05, 3.63) is 101 Å². The molecular weight excluding hydrogens is 374 g/mol. The van der Waals surface area contributed by atoms with Crippen molar-refractivity contribution in [3.8, 4) is 11.3 Å². The molecule has 0 spiro atoms. The second-order valence-corrected chi connectivity index (χ2v) is 7.75. The smallest absolute Gasteiger partial charge is 0.354 e. The van der Waals surface area contributed by atoms with Gasteiger partial charge in [0.1, 0.15) is 4.90 Å². The molecule has 3 aromatic carbocycles. The van der Waals surface area contributed by atoms with E-state index >= 15 is 0 Å². The van der Waals surface area contributed by atoms with E-state index in [1.54, 1.807) is 0 Å². The van der Waals surface area contributed by atoms with Gasteiger partial charge in [-0.1, -0.05) is 78.5 Å². The van der Waals surface area contributed by atoms with Crippen LogP contribution < -0.4 is 5.63 Å². The summed E-state index contributed by atoms with van der Waals surface area (Å²) in [6, 6.07) is 29.2. The number of aromatic nitrogens is 1. The Morgan fingerprint density at radius 2 is 1.19 bits per heavy atom. The highest BCUT2D eigenvalue weighted by Crippen LogP contribution is 2.35. The molecule has 0 aliphatic heterocycles. The Morgan fingerprint density at radius 3 is 1.78 bits per heavy atom. The predicted octanol–water partition coefficient (Wildman–Crippen LogP) is 6.00. The van der Waals surface area contributed by atoms with Crippen LogP contribution in [0.1, 0.15) is 0 Å². The molecule has 0 bridgehead atoms. The van der Waals surface area contributed by atoms with Gasteiger partial charge in [0.25, 0.3) is 5.22 Å². The third kappa shape index (κ3) is 4.32. The minimum Gasteiger partial charge on any atom is -0.397 e. The van der Waals surface area contributed by atoms with Gasteiger partial charge in [0, 0.05) is 15.4 Å². The van der Waals surface area contributed by atoms with Gasteiger partial charge >= 0.3 is 5.63 Å². The topological polar surface area (TPSA) is 43.1 Å². The summed E-state index contributed by atoms with van der Waals surface area (Å²) in [4.78, 5) is 19.9. The van der Waals surface area contributed by atoms with Gasteiger partial charge in [0.05, 0.1) is 5.69 Å². The molecular formula is C22H15NO2S2. The molecule has 27 heavy (non-hydrogen) atoms. The lowest BCUT2D eigenvalue weighted by atomic mass is 10.1. The van der Waals surface area contributed by atoms with Crippen LogP contribution in [-0.4, -0.2) is 4.98 Å². The van der Waals surface area contributed by atoms with Crippen molar-refractivity contribution in [2.24, 2.45) is 0 Å². The summed E-state index contributed by atoms with van der Waals surface area (Å²) in [6.07, 6.45) is 0. The summed E-state index contributed by atoms with van der Waals surface area (Å²) in [5.74, 6) is 0. The van der Waals surface area contributed by atoms with Crippen molar-refractivity contribution in [2.45, 2.75) is 19.9 Å². The zero-order valence-electron chi connectivity index (χ0n) is 14.2. The molecule has 0 saturated heterocycles. The molecule has 4 aromatic rings. The monoisotopic (exact) mass is 389 g/mol. The zero-order valence-corrected chi connectivity index (χ0v) is 15.9. The fourth-order valence-electron chi connectivity index (χ4n) is 2.51. The molecule has 1 heterocycles. The van der Waals surface area contributed by atoms with Crippen LogP contribution in [0.2, 0.25) is 0 Å². The van der Waals surface area contributed by atoms with Crippen LogP contribution in [0.15, 0.2) is 120 Å². The molecule has 3 nitrogen and oxygen atoms in total. The summed E-state index contributed by atoms with van der Waals surface area (Å²) >= 11 is 2.71. The first-order valence-corrected chi connectivity index (χ1v) is 9.99. The Hall–Kier alpha value is -2.76. The number of nitrogens with zero attached hydrogens (tertiary/aromatic N) is 1. The van der Waals surface area contributed by atoms with E-state index in [-0.39, 0.29) is 5.63 Å². The van der Waals surface area contributed by atoms with Crippen molar-refractivity contribution < 1.29 is 4.42 Å². The van der Waals surface area contributed by atoms with Crippen molar-refractivity contribution >= 4 is 23.5 Å². The fourth-order valence-corrected chi connectivity index (χ4v) is 4.17. The summed E-state index contributed by atoms with van der Waals surface area (Å²) in [5.41, 5.74) is 1.15. The van der Waals surface area contributed by atoms with Gasteiger partial charge < -0.3 is 4.42 Å². The van der Waals surface area contributed by atoms with E-state index in [2.05, 4.69) is 4.98 Å². The van der Waals surface area contributed by atoms with Crippen LogP contribution >= 0.6 is 23.5 Å². The van der Waals surface area contributed by atoms with E-state index in [0.29, 0.717) is 15.8 Å². The number of hydrogen-bond donors (Lipinski definition) is 0. The van der Waals surface area contributed by atoms with Gasteiger partial charge in [0.15, 0.2) is 0 Å². The average molecular weight is 390 g/mol. The Bertz CT molecular complexity index is 1080. The molecule has 0 N–H and O–H groups in total. The van der Waals surface area contributed by atoms with Crippen LogP contribution in [0.4, 0.5) is 0 Å². The minimum atomic E-state index is -0.379. The van der Waals surface area contributed by atoms with Gasteiger partial charge in [-0.15, -0.1) is 0 Å². The highest BCUT2D eigenvalue weighted by molar-refractivity contribution is 7.99. The number of rotatable bonds is 5. The Kier molecular flexibility index (Phi) is 5.42. The number of hydrogen-bond acceptors (Lipinski definition) is 5. The predicted molar refractivity (Wildman–Crippen MR) is 109 cm³/mol. The van der Waals surface area contributed by atoms with Gasteiger partial charge in [-0.3, -0.25) is 0 Å². The van der Waals surface area contributed by atoms with Crippen LogP contribution in [-0.2, 0) is 0 Å². The van der Waals surface area contributed by atoms with Crippen LogP contribution in [0.25, 0.3) is 11.3 Å². The quantitative estimate of drug-likeness (QED) is 0.418. The molecule has 0 aliphatic rings. The standard InChI is InChI=1S/C22H15NO2S2/c24-21-20(26-17-12-6-2-7-13-17)19(16-10-4-1-5-11-16)23-22(25-21)27-18-14-8-3-9-15-18/h1-15H. The summed E-state index contributed by atoms with van der Waals surface area (Å²) < 4.78 is 5.52. The van der Waals surface area contributed by atoms with Gasteiger partial charge in [-0.2, -0.15) is 0 Å². The van der Waals surface area contributed by atoms with E-state index in [1.165, 1.54) is 23.5 Å². The third-order valence-corrected chi connectivity index (χ3v) is 5.67. The molecule has 4 rings (SSSR count). The van der Waals surface area contributed by atoms with E-state index in [0.717, 1.165) is 15.4 Å². The first kappa shape index (κ1) is 17.6. The maximum atomic E-state index is 12.8. The molecule has 132 valence electrons. The molecule has 0 unspecified atom stereocenters. The number of benzene rings is 3. The van der Waals surface area contributed by atoms with E-state index < -0.39 is 0 Å². The molecule has 0 atom stereocenters. The summed E-state index contributed by atoms with van der Waals surface area (Å²) in [7, 11) is 0. The lowest BCUT2D eigenvalue weighted by molar-refractivity contribution is 0.379. The van der Waals surface area contributed by atoms with E-state index in [4.69, 9.17) is 4.42 Å². The van der Waals surface area contributed by atoms with Crippen LogP contribution in [0.3, 0.4) is 0 Å². The van der Waals surface area contributed by atoms with Crippen LogP contribution in [0.5, 0.6) is 0 Å². The van der Waals surface area contributed by atoms with Crippen LogP contribution in [0, 0.1) is 0 Å².